The van der Waals surface area contributed by atoms with Gasteiger partial charge in [-0.25, -0.2) is 9.37 Å². The lowest BCUT2D eigenvalue weighted by atomic mass is 10.2. The summed E-state index contributed by atoms with van der Waals surface area (Å²) in [5.74, 6) is -0.0772. The van der Waals surface area contributed by atoms with Crippen molar-refractivity contribution in [2.75, 3.05) is 0 Å². The largest absolute Gasteiger partial charge is 0.436 e. The fourth-order valence-electron chi connectivity index (χ4n) is 1.32. The van der Waals surface area contributed by atoms with Crippen molar-refractivity contribution in [1.29, 1.82) is 0 Å². The van der Waals surface area contributed by atoms with Crippen LogP contribution in [0.15, 0.2) is 36.5 Å². The number of ether oxygens (including phenoxy) is 1. The van der Waals surface area contributed by atoms with E-state index < -0.39 is 5.82 Å². The average Bonchev–Trinajstić information content (AvgIpc) is 2.34. The maximum absolute atomic E-state index is 13.5. The Bertz CT molecular complexity index is 538. The summed E-state index contributed by atoms with van der Waals surface area (Å²) < 4.78 is 18.7. The van der Waals surface area contributed by atoms with Crippen molar-refractivity contribution in [2.45, 2.75) is 6.92 Å². The quantitative estimate of drug-likeness (QED) is 0.762. The number of pyridine rings is 1. The van der Waals surface area contributed by atoms with Crippen molar-refractivity contribution in [3.8, 4) is 11.6 Å². The molecule has 86 valence electrons. The predicted octanol–water partition coefficient (Wildman–Crippen LogP) is 3.13. The molecule has 0 aliphatic heterocycles. The molecule has 17 heavy (non-hydrogen) atoms. The summed E-state index contributed by atoms with van der Waals surface area (Å²) in [6, 6.07) is 7.75. The first kappa shape index (κ1) is 11.3. The lowest BCUT2D eigenvalue weighted by Crippen LogP contribution is -1.92. The molecule has 0 atom stereocenters. The van der Waals surface area contributed by atoms with Crippen LogP contribution in [0.1, 0.15) is 15.9 Å². The van der Waals surface area contributed by atoms with Gasteiger partial charge in [-0.2, -0.15) is 0 Å². The fourth-order valence-corrected chi connectivity index (χ4v) is 1.32. The Hall–Kier alpha value is -2.23. The molecular formula is C13H10FNO2. The smallest absolute Gasteiger partial charge is 0.219 e. The van der Waals surface area contributed by atoms with Gasteiger partial charge in [0.1, 0.15) is 0 Å². The summed E-state index contributed by atoms with van der Waals surface area (Å²) in [5, 5.41) is 0. The average molecular weight is 231 g/mol. The number of carbonyl (C=O) groups is 1. The van der Waals surface area contributed by atoms with E-state index in [4.69, 9.17) is 4.74 Å². The number of aldehydes is 1. The number of rotatable bonds is 3. The predicted molar refractivity (Wildman–Crippen MR) is 60.8 cm³/mol. The Morgan fingerprint density at radius 1 is 1.29 bits per heavy atom. The highest BCUT2D eigenvalue weighted by Gasteiger charge is 2.05. The van der Waals surface area contributed by atoms with E-state index in [1.54, 1.807) is 25.1 Å². The van der Waals surface area contributed by atoms with E-state index in [0.717, 1.165) is 5.56 Å². The van der Waals surface area contributed by atoms with Crippen LogP contribution in [0, 0.1) is 12.7 Å². The molecule has 0 saturated carbocycles. The molecule has 0 aliphatic carbocycles. The molecular weight excluding hydrogens is 221 g/mol. The van der Waals surface area contributed by atoms with Gasteiger partial charge in [-0.3, -0.25) is 4.79 Å². The maximum Gasteiger partial charge on any atom is 0.219 e. The van der Waals surface area contributed by atoms with Gasteiger partial charge in [0.2, 0.25) is 5.88 Å². The Kier molecular flexibility index (Phi) is 3.14. The van der Waals surface area contributed by atoms with Gasteiger partial charge in [-0.1, -0.05) is 6.07 Å². The van der Waals surface area contributed by atoms with Gasteiger partial charge >= 0.3 is 0 Å². The number of hydrogen-bond acceptors (Lipinski definition) is 3. The SMILES string of the molecule is Cc1ccc(Oc2ccc(C=O)cn2)c(F)c1. The summed E-state index contributed by atoms with van der Waals surface area (Å²) in [6.07, 6.45) is 2.05. The highest BCUT2D eigenvalue weighted by atomic mass is 19.1. The van der Waals surface area contributed by atoms with Gasteiger partial charge in [-0.15, -0.1) is 0 Å². The monoisotopic (exact) mass is 231 g/mol. The summed E-state index contributed by atoms with van der Waals surface area (Å²) in [5.41, 5.74) is 1.26. The number of aryl methyl sites for hydroxylation is 1. The molecule has 1 heterocycles. The third-order valence-electron chi connectivity index (χ3n) is 2.20. The molecule has 0 spiro atoms. The summed E-state index contributed by atoms with van der Waals surface area (Å²) in [6.45, 7) is 1.80. The molecule has 0 bridgehead atoms. The highest BCUT2D eigenvalue weighted by Crippen LogP contribution is 2.23. The van der Waals surface area contributed by atoms with Crippen LogP contribution >= 0.6 is 0 Å². The number of aromatic nitrogens is 1. The van der Waals surface area contributed by atoms with E-state index >= 15 is 0 Å². The zero-order chi connectivity index (χ0) is 12.3. The van der Waals surface area contributed by atoms with Crippen LogP contribution in [0.25, 0.3) is 0 Å². The molecule has 0 saturated heterocycles. The molecule has 2 aromatic rings. The molecule has 0 aliphatic rings. The summed E-state index contributed by atoms with van der Waals surface area (Å²) >= 11 is 0. The van der Waals surface area contributed by atoms with Crippen LogP contribution in [-0.2, 0) is 0 Å². The van der Waals surface area contributed by atoms with Crippen LogP contribution < -0.4 is 4.74 Å². The first-order valence-corrected chi connectivity index (χ1v) is 5.04. The van der Waals surface area contributed by atoms with Gasteiger partial charge < -0.3 is 4.74 Å². The second-order valence-corrected chi connectivity index (χ2v) is 3.58. The fraction of sp³-hybridized carbons (Fsp3) is 0.0769. The van der Waals surface area contributed by atoms with E-state index in [2.05, 4.69) is 4.98 Å². The van der Waals surface area contributed by atoms with E-state index in [1.807, 2.05) is 0 Å². The van der Waals surface area contributed by atoms with Gasteiger partial charge in [0.25, 0.3) is 0 Å². The van der Waals surface area contributed by atoms with Gasteiger partial charge in [-0.05, 0) is 30.7 Å². The lowest BCUT2D eigenvalue weighted by Gasteiger charge is -2.06. The minimum Gasteiger partial charge on any atom is -0.436 e. The molecule has 0 unspecified atom stereocenters. The number of nitrogens with zero attached hydrogens (tertiary/aromatic N) is 1. The topological polar surface area (TPSA) is 39.2 Å². The molecule has 2 rings (SSSR count). The molecule has 0 fully saturated rings. The van der Waals surface area contributed by atoms with Crippen molar-refractivity contribution in [3.63, 3.8) is 0 Å². The highest BCUT2D eigenvalue weighted by molar-refractivity contribution is 5.74. The third kappa shape index (κ3) is 2.66. The summed E-state index contributed by atoms with van der Waals surface area (Å²) in [4.78, 5) is 14.3. The molecule has 0 amide bonds. The zero-order valence-corrected chi connectivity index (χ0v) is 9.18. The molecule has 3 nitrogen and oxygen atoms in total. The van der Waals surface area contributed by atoms with E-state index in [9.17, 15) is 9.18 Å². The third-order valence-corrected chi connectivity index (χ3v) is 2.20. The first-order chi connectivity index (χ1) is 8.19. The van der Waals surface area contributed by atoms with Crippen molar-refractivity contribution in [3.05, 3.63) is 53.5 Å². The molecule has 0 N–H and O–H groups in total. The Labute approximate surface area is 97.9 Å². The summed E-state index contributed by atoms with van der Waals surface area (Å²) in [7, 11) is 0. The molecule has 1 aromatic carbocycles. The second-order valence-electron chi connectivity index (χ2n) is 3.58. The molecule has 0 radical (unpaired) electrons. The first-order valence-electron chi connectivity index (χ1n) is 5.04. The van der Waals surface area contributed by atoms with Gasteiger partial charge in [0.15, 0.2) is 17.9 Å². The second kappa shape index (κ2) is 4.74. The standard InChI is InChI=1S/C13H10FNO2/c1-9-2-4-12(11(14)6-9)17-13-5-3-10(8-16)7-15-13/h2-8H,1H3. The Balaban J connectivity index is 2.22. The normalized spacial score (nSPS) is 10.0. The van der Waals surface area contributed by atoms with Crippen LogP contribution in [-0.4, -0.2) is 11.3 Å². The number of carbonyl (C=O) groups excluding carboxylic acids is 1. The number of benzene rings is 1. The van der Waals surface area contributed by atoms with Crippen LogP contribution in [0.2, 0.25) is 0 Å². The lowest BCUT2D eigenvalue weighted by molar-refractivity contribution is 0.112. The number of halogens is 1. The Morgan fingerprint density at radius 3 is 2.71 bits per heavy atom. The number of hydrogen-bond donors (Lipinski definition) is 0. The maximum atomic E-state index is 13.5. The molecule has 4 heteroatoms. The van der Waals surface area contributed by atoms with E-state index in [0.29, 0.717) is 11.8 Å². The van der Waals surface area contributed by atoms with E-state index in [1.165, 1.54) is 18.3 Å². The van der Waals surface area contributed by atoms with Crippen molar-refractivity contribution in [1.82, 2.24) is 4.98 Å². The van der Waals surface area contributed by atoms with Crippen LogP contribution in [0.5, 0.6) is 11.6 Å². The van der Waals surface area contributed by atoms with Crippen molar-refractivity contribution in [2.24, 2.45) is 0 Å². The van der Waals surface area contributed by atoms with Crippen LogP contribution in [0.3, 0.4) is 0 Å². The van der Waals surface area contributed by atoms with Crippen molar-refractivity contribution >= 4 is 6.29 Å². The molecule has 1 aromatic heterocycles. The van der Waals surface area contributed by atoms with Gasteiger partial charge in [0, 0.05) is 17.8 Å². The zero-order valence-electron chi connectivity index (χ0n) is 9.18. The van der Waals surface area contributed by atoms with E-state index in [-0.39, 0.29) is 11.6 Å². The van der Waals surface area contributed by atoms with Crippen LogP contribution in [0.4, 0.5) is 4.39 Å². The van der Waals surface area contributed by atoms with Crippen molar-refractivity contribution < 1.29 is 13.9 Å². The van der Waals surface area contributed by atoms with Gasteiger partial charge in [0.05, 0.1) is 0 Å². The Morgan fingerprint density at radius 2 is 2.12 bits per heavy atom. The minimum absolute atomic E-state index is 0.113. The minimum atomic E-state index is -0.439.